The van der Waals surface area contributed by atoms with Gasteiger partial charge in [0.1, 0.15) is 11.5 Å². The lowest BCUT2D eigenvalue weighted by Crippen LogP contribution is -1.96. The van der Waals surface area contributed by atoms with Crippen LogP contribution in [0.1, 0.15) is 0 Å². The highest BCUT2D eigenvalue weighted by atomic mass is 16.6. The summed E-state index contributed by atoms with van der Waals surface area (Å²) < 4.78 is 14.8. The maximum atomic E-state index is 9.92. The van der Waals surface area contributed by atoms with Gasteiger partial charge in [0.05, 0.1) is 14.2 Å². The number of methoxy groups -OCH3 is 2. The Kier molecular flexibility index (Phi) is 4.66. The monoisotopic (exact) mass is 336 g/mol. The number of benzene rings is 3. The minimum atomic E-state index is -0.579. The summed E-state index contributed by atoms with van der Waals surface area (Å²) >= 11 is 0. The lowest BCUT2D eigenvalue weighted by atomic mass is 10.0. The summed E-state index contributed by atoms with van der Waals surface area (Å²) in [5.74, 6) is 0.586. The number of hydrogen-bond donors (Lipinski definition) is 0. The molecule has 0 saturated heterocycles. The molecule has 126 valence electrons. The topological polar surface area (TPSA) is 61.8 Å². The fourth-order valence-corrected chi connectivity index (χ4v) is 2.64. The van der Waals surface area contributed by atoms with Crippen LogP contribution in [0.15, 0.2) is 60.7 Å². The van der Waals surface area contributed by atoms with E-state index in [4.69, 9.17) is 9.47 Å². The molecule has 0 spiro atoms. The van der Waals surface area contributed by atoms with Crippen LogP contribution in [0.25, 0.3) is 21.5 Å². The molecule has 0 saturated carbocycles. The van der Waals surface area contributed by atoms with E-state index in [2.05, 4.69) is 29.0 Å². The van der Waals surface area contributed by atoms with Gasteiger partial charge in [0.2, 0.25) is 0 Å². The van der Waals surface area contributed by atoms with Crippen molar-refractivity contribution in [3.63, 3.8) is 0 Å². The van der Waals surface area contributed by atoms with Crippen LogP contribution in [0.4, 0.5) is 0 Å². The molecule has 0 N–H and O–H groups in total. The molecular weight excluding hydrogens is 320 g/mol. The number of ether oxygens (including phenoxy) is 3. The van der Waals surface area contributed by atoms with Crippen LogP contribution >= 0.6 is 0 Å². The van der Waals surface area contributed by atoms with E-state index < -0.39 is 11.9 Å². The normalized spacial score (nSPS) is 12.7. The number of hydrogen-bond acceptors (Lipinski definition) is 5. The second kappa shape index (κ2) is 7.05. The average molecular weight is 336 g/mol. The van der Waals surface area contributed by atoms with Crippen molar-refractivity contribution in [1.82, 2.24) is 0 Å². The molecule has 1 heterocycles. The van der Waals surface area contributed by atoms with E-state index in [0.29, 0.717) is 0 Å². The molecule has 25 heavy (non-hydrogen) atoms. The number of fused-ring (bicyclic) bond motifs is 2. The number of carbonyl (C=O) groups excluding carboxylic acids is 2. The quantitative estimate of drug-likeness (QED) is 0.406. The SMILES string of the molecule is COc1ccc(OC)c2cc3ccccc3cc12.O=C1C=CC(=O)O1. The van der Waals surface area contributed by atoms with E-state index in [1.807, 2.05) is 24.3 Å². The molecule has 0 unspecified atom stereocenters. The van der Waals surface area contributed by atoms with Gasteiger partial charge in [-0.3, -0.25) is 0 Å². The maximum Gasteiger partial charge on any atom is 0.338 e. The van der Waals surface area contributed by atoms with E-state index in [-0.39, 0.29) is 0 Å². The van der Waals surface area contributed by atoms with E-state index in [0.717, 1.165) is 34.4 Å². The molecule has 0 atom stereocenters. The van der Waals surface area contributed by atoms with Gasteiger partial charge in [-0.25, -0.2) is 9.59 Å². The zero-order valence-corrected chi connectivity index (χ0v) is 13.8. The Morgan fingerprint density at radius 1 is 0.720 bits per heavy atom. The van der Waals surface area contributed by atoms with Crippen molar-refractivity contribution in [3.8, 4) is 11.5 Å². The molecule has 0 aromatic heterocycles. The highest BCUT2D eigenvalue weighted by Gasteiger charge is 2.10. The summed E-state index contributed by atoms with van der Waals surface area (Å²) in [4.78, 5) is 19.8. The second-order valence-electron chi connectivity index (χ2n) is 5.29. The van der Waals surface area contributed by atoms with Crippen molar-refractivity contribution < 1.29 is 23.8 Å². The molecule has 3 aromatic rings. The van der Waals surface area contributed by atoms with Crippen molar-refractivity contribution in [3.05, 3.63) is 60.7 Å². The minimum absolute atomic E-state index is 0.579. The highest BCUT2D eigenvalue weighted by molar-refractivity contribution is 6.05. The largest absolute Gasteiger partial charge is 0.496 e. The van der Waals surface area contributed by atoms with Gasteiger partial charge in [0, 0.05) is 22.9 Å². The van der Waals surface area contributed by atoms with Gasteiger partial charge < -0.3 is 14.2 Å². The van der Waals surface area contributed by atoms with Crippen molar-refractivity contribution >= 4 is 33.5 Å². The van der Waals surface area contributed by atoms with E-state index in [1.54, 1.807) is 14.2 Å². The second-order valence-corrected chi connectivity index (χ2v) is 5.29. The molecule has 4 rings (SSSR count). The van der Waals surface area contributed by atoms with Crippen LogP contribution in [0.5, 0.6) is 11.5 Å². The summed E-state index contributed by atoms with van der Waals surface area (Å²) in [6.07, 6.45) is 2.17. The molecule has 1 aliphatic heterocycles. The zero-order valence-electron chi connectivity index (χ0n) is 13.8. The van der Waals surface area contributed by atoms with Crippen LogP contribution in [0, 0.1) is 0 Å². The van der Waals surface area contributed by atoms with E-state index >= 15 is 0 Å². The Morgan fingerprint density at radius 2 is 1.16 bits per heavy atom. The first-order chi connectivity index (χ1) is 12.1. The van der Waals surface area contributed by atoms with E-state index in [1.165, 1.54) is 10.8 Å². The molecule has 5 heteroatoms. The number of carbonyl (C=O) groups is 2. The molecule has 0 radical (unpaired) electrons. The smallest absolute Gasteiger partial charge is 0.338 e. The van der Waals surface area contributed by atoms with Crippen LogP contribution < -0.4 is 9.47 Å². The lowest BCUT2D eigenvalue weighted by molar-refractivity contribution is -0.150. The first-order valence-electron chi connectivity index (χ1n) is 7.59. The van der Waals surface area contributed by atoms with Crippen LogP contribution in [-0.2, 0) is 14.3 Å². The fraction of sp³-hybridized carbons (Fsp3) is 0.100. The summed E-state index contributed by atoms with van der Waals surface area (Å²) in [6, 6.07) is 16.5. The fourth-order valence-electron chi connectivity index (χ4n) is 2.64. The lowest BCUT2D eigenvalue weighted by Gasteiger charge is -2.11. The molecule has 5 nitrogen and oxygen atoms in total. The van der Waals surface area contributed by atoms with Gasteiger partial charge in [-0.15, -0.1) is 0 Å². The number of esters is 2. The number of cyclic esters (lactones) is 2. The van der Waals surface area contributed by atoms with Gasteiger partial charge in [-0.05, 0) is 35.0 Å². The maximum absolute atomic E-state index is 9.92. The Hall–Kier alpha value is -3.34. The molecule has 0 aliphatic carbocycles. The molecule has 0 amide bonds. The summed E-state index contributed by atoms with van der Waals surface area (Å²) in [5.41, 5.74) is 0. The predicted molar refractivity (Wildman–Crippen MR) is 94.8 cm³/mol. The van der Waals surface area contributed by atoms with Crippen LogP contribution in [0.3, 0.4) is 0 Å². The van der Waals surface area contributed by atoms with Gasteiger partial charge in [0.15, 0.2) is 0 Å². The van der Waals surface area contributed by atoms with Crippen molar-refractivity contribution in [2.75, 3.05) is 14.2 Å². The van der Waals surface area contributed by atoms with Gasteiger partial charge >= 0.3 is 11.9 Å². The van der Waals surface area contributed by atoms with Crippen molar-refractivity contribution in [1.29, 1.82) is 0 Å². The van der Waals surface area contributed by atoms with Gasteiger partial charge in [-0.2, -0.15) is 0 Å². The van der Waals surface area contributed by atoms with E-state index in [9.17, 15) is 9.59 Å². The first-order valence-corrected chi connectivity index (χ1v) is 7.59. The first kappa shape index (κ1) is 16.5. The standard InChI is InChI=1S/C16H14O2.C4H2O3/c1-17-15-7-8-16(18-2)14-10-12-6-4-3-5-11(12)9-13(14)15;5-3-1-2-4(6)7-3/h3-10H,1-2H3;1-2H. The third kappa shape index (κ3) is 3.45. The summed E-state index contributed by atoms with van der Waals surface area (Å²) in [6.45, 7) is 0. The predicted octanol–water partition coefficient (Wildman–Crippen LogP) is 3.64. The third-order valence-corrected chi connectivity index (χ3v) is 3.80. The average Bonchev–Trinajstić information content (AvgIpc) is 3.02. The van der Waals surface area contributed by atoms with Crippen molar-refractivity contribution in [2.24, 2.45) is 0 Å². The molecule has 3 aromatic carbocycles. The van der Waals surface area contributed by atoms with Crippen molar-refractivity contribution in [2.45, 2.75) is 0 Å². The minimum Gasteiger partial charge on any atom is -0.496 e. The molecule has 1 aliphatic rings. The highest BCUT2D eigenvalue weighted by Crippen LogP contribution is 2.35. The summed E-state index contributed by atoms with van der Waals surface area (Å²) in [5, 5.41) is 4.57. The van der Waals surface area contributed by atoms with Crippen LogP contribution in [-0.4, -0.2) is 26.2 Å². The molecule has 0 fully saturated rings. The molecule has 0 bridgehead atoms. The Bertz CT molecular complexity index is 910. The Labute approximate surface area is 144 Å². The van der Waals surface area contributed by atoms with Gasteiger partial charge in [0.25, 0.3) is 0 Å². The zero-order chi connectivity index (χ0) is 17.8. The summed E-state index contributed by atoms with van der Waals surface area (Å²) in [7, 11) is 3.38. The third-order valence-electron chi connectivity index (χ3n) is 3.80. The van der Waals surface area contributed by atoms with Crippen LogP contribution in [0.2, 0.25) is 0 Å². The van der Waals surface area contributed by atoms with Gasteiger partial charge in [-0.1, -0.05) is 24.3 Å². The molecular formula is C20H16O5. The Morgan fingerprint density at radius 3 is 1.48 bits per heavy atom. The number of rotatable bonds is 2. The Balaban J connectivity index is 0.000000219.